The minimum Gasteiger partial charge on any atom is -0.377 e. The van der Waals surface area contributed by atoms with Gasteiger partial charge in [0.2, 0.25) is 0 Å². The molecule has 2 aliphatic rings. The highest BCUT2D eigenvalue weighted by atomic mass is 14.9. The molecule has 1 aliphatic heterocycles. The van der Waals surface area contributed by atoms with E-state index >= 15 is 0 Å². The fourth-order valence-electron chi connectivity index (χ4n) is 1.69. The van der Waals surface area contributed by atoms with E-state index in [0.29, 0.717) is 6.04 Å². The van der Waals surface area contributed by atoms with E-state index in [1.807, 2.05) is 0 Å². The van der Waals surface area contributed by atoms with Crippen molar-refractivity contribution < 1.29 is 0 Å². The number of allylic oxidation sites excluding steroid dienone is 2. The van der Waals surface area contributed by atoms with Crippen LogP contribution in [-0.4, -0.2) is 6.04 Å². The Morgan fingerprint density at radius 1 is 1.50 bits per heavy atom. The Kier molecular flexibility index (Phi) is 1.50. The molecule has 1 aliphatic carbocycles. The Labute approximate surface area is 61.8 Å². The first-order valence-corrected chi connectivity index (χ1v) is 3.96. The summed E-state index contributed by atoms with van der Waals surface area (Å²) in [7, 11) is 0. The summed E-state index contributed by atoms with van der Waals surface area (Å²) in [5.74, 6) is 0.839. The van der Waals surface area contributed by atoms with Crippen LogP contribution in [0, 0.1) is 12.1 Å². The van der Waals surface area contributed by atoms with Crippen LogP contribution in [-0.2, 0) is 0 Å². The quantitative estimate of drug-likeness (QED) is 0.496. The Morgan fingerprint density at radius 2 is 2.50 bits per heavy atom. The van der Waals surface area contributed by atoms with E-state index in [0.717, 1.165) is 5.92 Å². The van der Waals surface area contributed by atoms with Crippen LogP contribution in [0.5, 0.6) is 0 Å². The van der Waals surface area contributed by atoms with Crippen LogP contribution in [0.25, 0.3) is 0 Å². The summed E-state index contributed by atoms with van der Waals surface area (Å²) < 4.78 is 0. The van der Waals surface area contributed by atoms with E-state index in [1.165, 1.54) is 19.3 Å². The van der Waals surface area contributed by atoms with Gasteiger partial charge in [0.1, 0.15) is 0 Å². The number of hydrogen-bond donors (Lipinski definition) is 1. The number of fused-ring (bicyclic) bond motifs is 1. The molecular formula is C9H12N. The molecule has 10 heavy (non-hydrogen) atoms. The van der Waals surface area contributed by atoms with Crippen LogP contribution in [0.1, 0.15) is 19.3 Å². The molecule has 1 radical (unpaired) electrons. The summed E-state index contributed by atoms with van der Waals surface area (Å²) in [5.41, 5.74) is 0. The van der Waals surface area contributed by atoms with Crippen molar-refractivity contribution in [3.63, 3.8) is 0 Å². The zero-order valence-electron chi connectivity index (χ0n) is 6.01. The molecule has 1 heterocycles. The van der Waals surface area contributed by atoms with Gasteiger partial charge in [0.15, 0.2) is 0 Å². The van der Waals surface area contributed by atoms with Crippen molar-refractivity contribution >= 4 is 0 Å². The van der Waals surface area contributed by atoms with Crippen molar-refractivity contribution in [1.82, 2.24) is 5.32 Å². The fourth-order valence-corrected chi connectivity index (χ4v) is 1.69. The van der Waals surface area contributed by atoms with E-state index in [2.05, 4.69) is 29.7 Å². The molecule has 0 aromatic heterocycles. The van der Waals surface area contributed by atoms with Crippen molar-refractivity contribution in [2.75, 3.05) is 0 Å². The highest BCUT2D eigenvalue weighted by molar-refractivity contribution is 5.06. The van der Waals surface area contributed by atoms with Gasteiger partial charge in [-0.3, -0.25) is 0 Å². The predicted octanol–water partition coefficient (Wildman–Crippen LogP) is 1.63. The van der Waals surface area contributed by atoms with E-state index < -0.39 is 0 Å². The molecule has 1 heteroatoms. The maximum Gasteiger partial charge on any atom is 0.0537 e. The Bertz CT molecular complexity index is 170. The minimum atomic E-state index is 0.582. The van der Waals surface area contributed by atoms with Crippen molar-refractivity contribution in [3.8, 4) is 0 Å². The topological polar surface area (TPSA) is 12.0 Å². The van der Waals surface area contributed by atoms with Crippen molar-refractivity contribution in [3.05, 3.63) is 24.4 Å². The lowest BCUT2D eigenvalue weighted by Gasteiger charge is -2.29. The molecule has 1 N–H and O–H groups in total. The second-order valence-electron chi connectivity index (χ2n) is 3.02. The predicted molar refractivity (Wildman–Crippen MR) is 41.2 cm³/mol. The summed E-state index contributed by atoms with van der Waals surface area (Å²) in [6.07, 6.45) is 13.5. The Morgan fingerprint density at radius 3 is 3.40 bits per heavy atom. The maximum atomic E-state index is 3.23. The third-order valence-electron chi connectivity index (χ3n) is 2.33. The fraction of sp³-hybridized carbons (Fsp3) is 0.556. The van der Waals surface area contributed by atoms with Gasteiger partial charge < -0.3 is 5.32 Å². The van der Waals surface area contributed by atoms with Crippen LogP contribution in [0.15, 0.2) is 18.2 Å². The van der Waals surface area contributed by atoms with Gasteiger partial charge in [-0.15, -0.1) is 0 Å². The third kappa shape index (κ3) is 0.962. The second kappa shape index (κ2) is 2.49. The molecular weight excluding hydrogens is 122 g/mol. The first kappa shape index (κ1) is 6.02. The zero-order valence-corrected chi connectivity index (χ0v) is 6.01. The molecule has 2 unspecified atom stereocenters. The number of rotatable bonds is 0. The first-order valence-electron chi connectivity index (χ1n) is 3.96. The molecule has 53 valence electrons. The first-order chi connectivity index (χ1) is 4.97. The zero-order chi connectivity index (χ0) is 6.81. The molecule has 0 aromatic carbocycles. The molecule has 2 rings (SSSR count). The highest BCUT2D eigenvalue weighted by Crippen LogP contribution is 2.24. The Hall–Kier alpha value is -0.720. The van der Waals surface area contributed by atoms with E-state index in [-0.39, 0.29) is 0 Å². The average molecular weight is 134 g/mol. The molecule has 0 saturated heterocycles. The average Bonchev–Trinajstić information content (AvgIpc) is 2.05. The van der Waals surface area contributed by atoms with Gasteiger partial charge in [0, 0.05) is 6.04 Å². The van der Waals surface area contributed by atoms with E-state index in [1.54, 1.807) is 0 Å². The summed E-state index contributed by atoms with van der Waals surface area (Å²) >= 11 is 0. The molecule has 0 fully saturated rings. The SMILES string of the molecule is [C]1=CCC2CCC=CC2N1. The molecule has 0 spiro atoms. The summed E-state index contributed by atoms with van der Waals surface area (Å²) in [6.45, 7) is 0. The standard InChI is InChI=1S/C9H12N/c1-2-6-9-8(4-1)5-3-7-10-9/h2-3,6,8-10H,1,4-5H2. The number of hydrogen-bond acceptors (Lipinski definition) is 1. The van der Waals surface area contributed by atoms with E-state index in [9.17, 15) is 0 Å². The van der Waals surface area contributed by atoms with Gasteiger partial charge in [-0.25, -0.2) is 0 Å². The third-order valence-corrected chi connectivity index (χ3v) is 2.33. The minimum absolute atomic E-state index is 0.582. The van der Waals surface area contributed by atoms with Gasteiger partial charge in [-0.2, -0.15) is 0 Å². The smallest absolute Gasteiger partial charge is 0.0537 e. The summed E-state index contributed by atoms with van der Waals surface area (Å²) in [6, 6.07) is 0.582. The normalized spacial score (nSPS) is 36.8. The lowest BCUT2D eigenvalue weighted by molar-refractivity contribution is 0.378. The molecule has 2 atom stereocenters. The van der Waals surface area contributed by atoms with E-state index in [4.69, 9.17) is 0 Å². The van der Waals surface area contributed by atoms with Crippen molar-refractivity contribution in [2.24, 2.45) is 5.92 Å². The lowest BCUT2D eigenvalue weighted by Crippen LogP contribution is -2.35. The molecule has 0 aromatic rings. The maximum absolute atomic E-state index is 3.23. The Balaban J connectivity index is 2.12. The molecule has 1 nitrogen and oxygen atoms in total. The van der Waals surface area contributed by atoms with Crippen molar-refractivity contribution in [1.29, 1.82) is 0 Å². The summed E-state index contributed by atoms with van der Waals surface area (Å²) in [5, 5.41) is 3.23. The highest BCUT2D eigenvalue weighted by Gasteiger charge is 2.21. The second-order valence-corrected chi connectivity index (χ2v) is 3.02. The molecule has 0 saturated carbocycles. The van der Waals surface area contributed by atoms with Crippen molar-refractivity contribution in [2.45, 2.75) is 25.3 Å². The van der Waals surface area contributed by atoms with Gasteiger partial charge in [0.05, 0.1) is 6.20 Å². The monoisotopic (exact) mass is 134 g/mol. The van der Waals surface area contributed by atoms with Gasteiger partial charge in [0.25, 0.3) is 0 Å². The van der Waals surface area contributed by atoms with Gasteiger partial charge in [-0.05, 0) is 25.2 Å². The van der Waals surface area contributed by atoms with Gasteiger partial charge >= 0.3 is 0 Å². The lowest BCUT2D eigenvalue weighted by atomic mass is 9.85. The van der Waals surface area contributed by atoms with Crippen LogP contribution in [0.3, 0.4) is 0 Å². The summed E-state index contributed by atoms with van der Waals surface area (Å²) in [4.78, 5) is 0. The van der Waals surface area contributed by atoms with Crippen LogP contribution < -0.4 is 5.32 Å². The molecule has 0 bridgehead atoms. The van der Waals surface area contributed by atoms with Crippen LogP contribution in [0.4, 0.5) is 0 Å². The largest absolute Gasteiger partial charge is 0.377 e. The van der Waals surface area contributed by atoms with Crippen LogP contribution >= 0.6 is 0 Å². The molecule has 0 amide bonds. The number of nitrogens with one attached hydrogen (secondary N) is 1. The van der Waals surface area contributed by atoms with Gasteiger partial charge in [-0.1, -0.05) is 18.2 Å². The van der Waals surface area contributed by atoms with Crippen LogP contribution in [0.2, 0.25) is 0 Å².